The van der Waals surface area contributed by atoms with Crippen molar-refractivity contribution in [1.82, 2.24) is 14.1 Å². The van der Waals surface area contributed by atoms with Crippen LogP contribution in [-0.4, -0.2) is 14.1 Å². The molecule has 0 saturated carbocycles. The van der Waals surface area contributed by atoms with Crippen molar-refractivity contribution in [2.75, 3.05) is 0 Å². The Balaban J connectivity index is 0.00000672. The number of hydrogen-bond acceptors (Lipinski definition) is 2. The molecule has 7 aromatic carbocycles. The minimum Gasteiger partial charge on any atom is -0.510 e. The summed E-state index contributed by atoms with van der Waals surface area (Å²) in [5, 5.41) is 2.25. The summed E-state index contributed by atoms with van der Waals surface area (Å²) in [6.07, 6.45) is 7.99. The number of aromatic nitrogens is 4. The number of hydrogen-bond donors (Lipinski definition) is 0. The van der Waals surface area contributed by atoms with E-state index in [2.05, 4.69) is 286 Å². The molecule has 6 heteroatoms. The molecule has 0 fully saturated rings. The first kappa shape index (κ1) is 52.1. The number of imidazole rings is 1. The van der Waals surface area contributed by atoms with Gasteiger partial charge >= 0.3 is 0 Å². The van der Waals surface area contributed by atoms with Crippen molar-refractivity contribution in [3.8, 4) is 39.8 Å². The molecular formula is C68H68N4OPt-2. The molecule has 10 rings (SSSR count). The molecule has 0 bridgehead atoms. The Bertz CT molecular complexity index is 3640. The van der Waals surface area contributed by atoms with Gasteiger partial charge in [-0.15, -0.1) is 35.2 Å². The predicted octanol–water partition coefficient (Wildman–Crippen LogP) is 16.6. The largest absolute Gasteiger partial charge is 0.510 e. The smallest absolute Gasteiger partial charge is 0.267 e. The zero-order valence-corrected chi connectivity index (χ0v) is 47.5. The van der Waals surface area contributed by atoms with E-state index in [-0.39, 0.29) is 42.7 Å². The Morgan fingerprint density at radius 1 is 0.473 bits per heavy atom. The van der Waals surface area contributed by atoms with Gasteiger partial charge in [-0.3, -0.25) is 4.57 Å². The van der Waals surface area contributed by atoms with Crippen molar-refractivity contribution in [3.63, 3.8) is 0 Å². The molecule has 3 heterocycles. The maximum atomic E-state index is 7.03. The van der Waals surface area contributed by atoms with Gasteiger partial charge in [-0.05, 0) is 102 Å². The summed E-state index contributed by atoms with van der Waals surface area (Å²) in [7, 11) is 0. The summed E-state index contributed by atoms with van der Waals surface area (Å²) < 4.78 is 13.6. The van der Waals surface area contributed by atoms with Crippen molar-refractivity contribution in [1.29, 1.82) is 0 Å². The van der Waals surface area contributed by atoms with E-state index in [1.54, 1.807) is 0 Å². The van der Waals surface area contributed by atoms with Crippen LogP contribution >= 0.6 is 0 Å². The zero-order valence-electron chi connectivity index (χ0n) is 45.3. The number of ether oxygens (including phenoxy) is 1. The van der Waals surface area contributed by atoms with Crippen LogP contribution in [0.3, 0.4) is 0 Å². The van der Waals surface area contributed by atoms with Crippen LogP contribution < -0.4 is 9.30 Å². The maximum absolute atomic E-state index is 7.03. The second kappa shape index (κ2) is 19.5. The molecule has 74 heavy (non-hydrogen) atoms. The molecule has 0 atom stereocenters. The minimum atomic E-state index is -0.393. The van der Waals surface area contributed by atoms with Crippen molar-refractivity contribution in [2.24, 2.45) is 0 Å². The van der Waals surface area contributed by atoms with Gasteiger partial charge in [0.2, 0.25) is 0 Å². The summed E-state index contributed by atoms with van der Waals surface area (Å²) in [6, 6.07) is 66.4. The topological polar surface area (TPSA) is 35.9 Å². The maximum Gasteiger partial charge on any atom is 0.267 e. The molecular weight excluding hydrogens is 1080 g/mol. The zero-order chi connectivity index (χ0) is 51.7. The van der Waals surface area contributed by atoms with Gasteiger partial charge in [-0.2, -0.15) is 12.1 Å². The first-order chi connectivity index (χ1) is 34.6. The minimum absolute atomic E-state index is 0. The third-order valence-electron chi connectivity index (χ3n) is 14.9. The molecule has 0 aliphatic rings. The SMILES string of the molecule is CC(C)(C)c1ccnc(-n2c3[c-]c(Oc4[c-]c(-n5[c-][n+](-c6cc(-c7ccccc7)cc(C(C)(C)c7ccccc7)c6)c(C(C)(C)C)c5)cc(C(C)(C)c5ccccc5)c4)ccc3c3cc(C(C)(C)C)ccc32)c1.[Pt]. The van der Waals surface area contributed by atoms with Crippen molar-refractivity contribution in [2.45, 2.75) is 117 Å². The van der Waals surface area contributed by atoms with E-state index in [9.17, 15) is 0 Å². The average molecular weight is 1150 g/mol. The van der Waals surface area contributed by atoms with Crippen molar-refractivity contribution >= 4 is 21.8 Å². The molecule has 0 aliphatic heterocycles. The van der Waals surface area contributed by atoms with Gasteiger partial charge in [0.25, 0.3) is 6.33 Å². The second-order valence-corrected chi connectivity index (χ2v) is 24.0. The van der Waals surface area contributed by atoms with Gasteiger partial charge in [0.15, 0.2) is 0 Å². The van der Waals surface area contributed by atoms with E-state index in [1.165, 1.54) is 27.8 Å². The number of rotatable bonds is 10. The van der Waals surface area contributed by atoms with Crippen molar-refractivity contribution in [3.05, 3.63) is 234 Å². The van der Waals surface area contributed by atoms with Gasteiger partial charge in [0, 0.05) is 55.9 Å². The Morgan fingerprint density at radius 3 is 1.68 bits per heavy atom. The van der Waals surface area contributed by atoms with Crippen LogP contribution in [0.1, 0.15) is 129 Å². The normalized spacial score (nSPS) is 12.6. The van der Waals surface area contributed by atoms with E-state index < -0.39 is 5.41 Å². The van der Waals surface area contributed by atoms with Gasteiger partial charge in [0.05, 0.1) is 11.4 Å². The Labute approximate surface area is 454 Å². The molecule has 3 aromatic heterocycles. The van der Waals surface area contributed by atoms with Crippen LogP contribution in [0.2, 0.25) is 0 Å². The van der Waals surface area contributed by atoms with E-state index in [0.717, 1.165) is 61.4 Å². The van der Waals surface area contributed by atoms with E-state index in [1.807, 2.05) is 12.3 Å². The standard InChI is InChI=1S/C68H68N4O.Pt/c1-64(2,3)50-29-32-60-59(40-50)58-31-30-56(43-61(58)72(60)63-41-51(33-34-69-63)65(4,5)6)73-57-39-53(68(12,13)49-27-21-16-22-28-49)37-54(42-57)70-44-62(66(7,8)9)71(45-70)55-36-47(46-23-17-14-18-24-46)35-52(38-55)67(10,11)48-25-19-15-20-26-48;/h14-41,44H,1-13H3;/q-2;. The molecule has 0 amide bonds. The first-order valence-electron chi connectivity index (χ1n) is 25.7. The first-order valence-corrected chi connectivity index (χ1v) is 25.7. The van der Waals surface area contributed by atoms with Crippen LogP contribution in [0.4, 0.5) is 0 Å². The second-order valence-electron chi connectivity index (χ2n) is 24.0. The third kappa shape index (κ3) is 10.1. The molecule has 10 aromatic rings. The molecule has 0 saturated heterocycles. The predicted molar refractivity (Wildman–Crippen MR) is 301 cm³/mol. The summed E-state index contributed by atoms with van der Waals surface area (Å²) >= 11 is 0. The van der Waals surface area contributed by atoms with Crippen LogP contribution in [0.15, 0.2) is 176 Å². The Morgan fingerprint density at radius 2 is 1.07 bits per heavy atom. The van der Waals surface area contributed by atoms with Crippen LogP contribution in [0.5, 0.6) is 11.5 Å². The summed E-state index contributed by atoms with van der Waals surface area (Å²) in [4.78, 5) is 4.98. The van der Waals surface area contributed by atoms with Gasteiger partial charge in [-0.25, -0.2) is 4.98 Å². The summed E-state index contributed by atoms with van der Waals surface area (Å²) in [6.45, 7) is 29.5. The quantitative estimate of drug-likeness (QED) is 0.101. The number of nitrogens with zero attached hydrogens (tertiary/aromatic N) is 4. The van der Waals surface area contributed by atoms with E-state index in [0.29, 0.717) is 11.5 Å². The fourth-order valence-corrected chi connectivity index (χ4v) is 10.0. The summed E-state index contributed by atoms with van der Waals surface area (Å²) in [5.74, 6) is 2.02. The molecule has 0 N–H and O–H groups in total. The van der Waals surface area contributed by atoms with Crippen LogP contribution in [-0.2, 0) is 48.1 Å². The van der Waals surface area contributed by atoms with Crippen molar-refractivity contribution < 1.29 is 30.4 Å². The number of fused-ring (bicyclic) bond motifs is 3. The monoisotopic (exact) mass is 1150 g/mol. The average Bonchev–Trinajstić information content (AvgIpc) is 3.97. The third-order valence-corrected chi connectivity index (χ3v) is 14.9. The van der Waals surface area contributed by atoms with Crippen LogP contribution in [0.25, 0.3) is 50.1 Å². The fraction of sp³-hybridized carbons (Fsp3) is 0.265. The Kier molecular flexibility index (Phi) is 13.7. The molecule has 0 radical (unpaired) electrons. The van der Waals surface area contributed by atoms with E-state index >= 15 is 0 Å². The molecule has 378 valence electrons. The van der Waals surface area contributed by atoms with Gasteiger partial charge in [0.1, 0.15) is 5.82 Å². The van der Waals surface area contributed by atoms with E-state index in [4.69, 9.17) is 9.72 Å². The molecule has 5 nitrogen and oxygen atoms in total. The molecule has 0 aliphatic carbocycles. The molecule has 0 unspecified atom stereocenters. The van der Waals surface area contributed by atoms with Gasteiger partial charge in [-0.1, -0.05) is 205 Å². The molecule has 0 spiro atoms. The van der Waals surface area contributed by atoms with Gasteiger partial charge < -0.3 is 13.9 Å². The summed E-state index contributed by atoms with van der Waals surface area (Å²) in [5.41, 5.74) is 13.5. The Hall–Kier alpha value is -6.81. The van der Waals surface area contributed by atoms with Crippen LogP contribution in [0, 0.1) is 18.5 Å². The number of pyridine rings is 1. The fourth-order valence-electron chi connectivity index (χ4n) is 10.0. The number of benzene rings is 7.